The standard InChI is InChI=1S/C9H7ClN4O2/c1-4-2-5(12-11-3-4)7-6(9(15)16)8(10)14-13-7/h2-3H,1H3,(H,13,14)(H,15,16). The van der Waals surface area contributed by atoms with E-state index in [2.05, 4.69) is 20.4 Å². The van der Waals surface area contributed by atoms with Crippen LogP contribution in [0.3, 0.4) is 0 Å². The normalized spacial score (nSPS) is 10.4. The van der Waals surface area contributed by atoms with Crippen molar-refractivity contribution in [3.05, 3.63) is 28.5 Å². The number of carboxylic acid groups (broad SMARTS) is 1. The molecule has 82 valence electrons. The van der Waals surface area contributed by atoms with Crippen LogP contribution >= 0.6 is 11.6 Å². The van der Waals surface area contributed by atoms with E-state index in [4.69, 9.17) is 16.7 Å². The van der Waals surface area contributed by atoms with Gasteiger partial charge in [0.15, 0.2) is 0 Å². The van der Waals surface area contributed by atoms with Crippen molar-refractivity contribution in [1.82, 2.24) is 20.4 Å². The van der Waals surface area contributed by atoms with Crippen molar-refractivity contribution in [2.24, 2.45) is 0 Å². The molecule has 0 bridgehead atoms. The van der Waals surface area contributed by atoms with Gasteiger partial charge in [0.1, 0.15) is 22.1 Å². The summed E-state index contributed by atoms with van der Waals surface area (Å²) < 4.78 is 0. The lowest BCUT2D eigenvalue weighted by Crippen LogP contribution is -1.99. The van der Waals surface area contributed by atoms with Crippen molar-refractivity contribution in [3.8, 4) is 11.4 Å². The van der Waals surface area contributed by atoms with Crippen LogP contribution < -0.4 is 0 Å². The van der Waals surface area contributed by atoms with Crippen LogP contribution in [0.1, 0.15) is 15.9 Å². The second kappa shape index (κ2) is 3.90. The minimum absolute atomic E-state index is 0.0224. The number of nitrogens with one attached hydrogen (secondary N) is 1. The average molecular weight is 239 g/mol. The van der Waals surface area contributed by atoms with Gasteiger partial charge in [-0.15, -0.1) is 5.10 Å². The van der Waals surface area contributed by atoms with Gasteiger partial charge in [-0.05, 0) is 18.6 Å². The number of hydrogen-bond donors (Lipinski definition) is 2. The van der Waals surface area contributed by atoms with E-state index in [0.717, 1.165) is 5.56 Å². The van der Waals surface area contributed by atoms with Crippen molar-refractivity contribution in [2.45, 2.75) is 6.92 Å². The van der Waals surface area contributed by atoms with E-state index in [9.17, 15) is 4.79 Å². The predicted molar refractivity (Wildman–Crippen MR) is 56.3 cm³/mol. The monoisotopic (exact) mass is 238 g/mol. The fraction of sp³-hybridized carbons (Fsp3) is 0.111. The van der Waals surface area contributed by atoms with Crippen molar-refractivity contribution < 1.29 is 9.90 Å². The zero-order valence-corrected chi connectivity index (χ0v) is 8.99. The third-order valence-corrected chi connectivity index (χ3v) is 2.24. The van der Waals surface area contributed by atoms with Gasteiger partial charge < -0.3 is 5.11 Å². The van der Waals surface area contributed by atoms with Crippen LogP contribution in [-0.4, -0.2) is 31.5 Å². The Bertz CT molecular complexity index is 552. The molecule has 0 spiro atoms. The Morgan fingerprint density at radius 2 is 2.31 bits per heavy atom. The van der Waals surface area contributed by atoms with E-state index in [-0.39, 0.29) is 16.4 Å². The van der Waals surface area contributed by atoms with Gasteiger partial charge in [0.25, 0.3) is 0 Å². The molecule has 0 aliphatic rings. The van der Waals surface area contributed by atoms with E-state index < -0.39 is 5.97 Å². The van der Waals surface area contributed by atoms with Crippen molar-refractivity contribution >= 4 is 17.6 Å². The van der Waals surface area contributed by atoms with Gasteiger partial charge in [-0.25, -0.2) is 4.79 Å². The molecule has 7 heteroatoms. The molecular weight excluding hydrogens is 232 g/mol. The highest BCUT2D eigenvalue weighted by atomic mass is 35.5. The number of nitrogens with zero attached hydrogens (tertiary/aromatic N) is 3. The summed E-state index contributed by atoms with van der Waals surface area (Å²) in [4.78, 5) is 11.0. The Morgan fingerprint density at radius 1 is 1.56 bits per heavy atom. The summed E-state index contributed by atoms with van der Waals surface area (Å²) in [6, 6.07) is 1.69. The van der Waals surface area contributed by atoms with Gasteiger partial charge in [-0.3, -0.25) is 5.10 Å². The first-order chi connectivity index (χ1) is 7.59. The fourth-order valence-electron chi connectivity index (χ4n) is 1.28. The van der Waals surface area contributed by atoms with Gasteiger partial charge in [0, 0.05) is 0 Å². The maximum Gasteiger partial charge on any atom is 0.341 e. The smallest absolute Gasteiger partial charge is 0.341 e. The second-order valence-corrected chi connectivity index (χ2v) is 3.56. The Hall–Kier alpha value is -1.95. The molecule has 6 nitrogen and oxygen atoms in total. The summed E-state index contributed by atoms with van der Waals surface area (Å²) in [7, 11) is 0. The maximum atomic E-state index is 11.0. The molecule has 2 heterocycles. The van der Waals surface area contributed by atoms with Crippen LogP contribution in [-0.2, 0) is 0 Å². The van der Waals surface area contributed by atoms with Crippen molar-refractivity contribution in [3.63, 3.8) is 0 Å². The second-order valence-electron chi connectivity index (χ2n) is 3.18. The maximum absolute atomic E-state index is 11.0. The van der Waals surface area contributed by atoms with E-state index in [1.807, 2.05) is 6.92 Å². The highest BCUT2D eigenvalue weighted by Crippen LogP contribution is 2.24. The van der Waals surface area contributed by atoms with E-state index in [1.165, 1.54) is 0 Å². The van der Waals surface area contributed by atoms with Gasteiger partial charge in [-0.2, -0.15) is 10.2 Å². The molecule has 0 aromatic carbocycles. The molecule has 2 aromatic heterocycles. The minimum atomic E-state index is -1.16. The summed E-state index contributed by atoms with van der Waals surface area (Å²) in [5, 5.41) is 22.7. The first-order valence-corrected chi connectivity index (χ1v) is 4.74. The number of aromatic amines is 1. The minimum Gasteiger partial charge on any atom is -0.477 e. The van der Waals surface area contributed by atoms with Crippen LogP contribution in [0.25, 0.3) is 11.4 Å². The number of aromatic carboxylic acids is 1. The molecule has 2 rings (SSSR count). The van der Waals surface area contributed by atoms with Crippen LogP contribution in [0, 0.1) is 6.92 Å². The number of hydrogen-bond acceptors (Lipinski definition) is 4. The summed E-state index contributed by atoms with van der Waals surface area (Å²) >= 11 is 5.68. The Balaban J connectivity index is 2.60. The Kier molecular flexibility index (Phi) is 2.57. The van der Waals surface area contributed by atoms with E-state index in [0.29, 0.717) is 5.69 Å². The van der Waals surface area contributed by atoms with E-state index in [1.54, 1.807) is 12.3 Å². The molecule has 2 N–H and O–H groups in total. The molecule has 0 saturated heterocycles. The van der Waals surface area contributed by atoms with Crippen molar-refractivity contribution in [2.75, 3.05) is 0 Å². The Morgan fingerprint density at radius 3 is 2.94 bits per heavy atom. The molecule has 0 aliphatic heterocycles. The number of H-pyrrole nitrogens is 1. The summed E-state index contributed by atoms with van der Waals surface area (Å²) in [5.74, 6) is -1.16. The quantitative estimate of drug-likeness (QED) is 0.828. The number of rotatable bonds is 2. The third-order valence-electron chi connectivity index (χ3n) is 1.97. The average Bonchev–Trinajstić information content (AvgIpc) is 2.60. The molecular formula is C9H7ClN4O2. The highest BCUT2D eigenvalue weighted by molar-refractivity contribution is 6.33. The molecule has 0 saturated carbocycles. The molecule has 0 fully saturated rings. The molecule has 0 unspecified atom stereocenters. The lowest BCUT2D eigenvalue weighted by atomic mass is 10.1. The largest absolute Gasteiger partial charge is 0.477 e. The number of halogens is 1. The summed E-state index contributed by atoms with van der Waals surface area (Å²) in [6.07, 6.45) is 1.57. The molecule has 2 aromatic rings. The number of carbonyl (C=O) groups is 1. The van der Waals surface area contributed by atoms with Crippen LogP contribution in [0.5, 0.6) is 0 Å². The molecule has 16 heavy (non-hydrogen) atoms. The predicted octanol–water partition coefficient (Wildman–Crippen LogP) is 1.53. The molecule has 0 amide bonds. The Labute approximate surface area is 95.3 Å². The van der Waals surface area contributed by atoms with Crippen LogP contribution in [0.15, 0.2) is 12.3 Å². The number of aromatic nitrogens is 4. The van der Waals surface area contributed by atoms with Gasteiger partial charge in [-0.1, -0.05) is 11.6 Å². The summed E-state index contributed by atoms with van der Waals surface area (Å²) in [5.41, 5.74) is 1.33. The van der Waals surface area contributed by atoms with E-state index >= 15 is 0 Å². The first kappa shape index (κ1) is 10.6. The number of aryl methyl sites for hydroxylation is 1. The molecule has 0 radical (unpaired) electrons. The van der Waals surface area contributed by atoms with Crippen LogP contribution in [0.2, 0.25) is 5.15 Å². The third kappa shape index (κ3) is 1.74. The lowest BCUT2D eigenvalue weighted by Gasteiger charge is -1.98. The topological polar surface area (TPSA) is 91.8 Å². The molecule has 0 aliphatic carbocycles. The van der Waals surface area contributed by atoms with Gasteiger partial charge >= 0.3 is 5.97 Å². The van der Waals surface area contributed by atoms with Gasteiger partial charge in [0.05, 0.1) is 6.20 Å². The zero-order valence-electron chi connectivity index (χ0n) is 8.23. The first-order valence-electron chi connectivity index (χ1n) is 4.36. The lowest BCUT2D eigenvalue weighted by molar-refractivity contribution is 0.0698. The van der Waals surface area contributed by atoms with Crippen LogP contribution in [0.4, 0.5) is 0 Å². The number of carboxylic acids is 1. The van der Waals surface area contributed by atoms with Gasteiger partial charge in [0.2, 0.25) is 0 Å². The summed E-state index contributed by atoms with van der Waals surface area (Å²) in [6.45, 7) is 1.83. The molecule has 0 atom stereocenters. The van der Waals surface area contributed by atoms with Crippen molar-refractivity contribution in [1.29, 1.82) is 0 Å². The zero-order chi connectivity index (χ0) is 11.7. The fourth-order valence-corrected chi connectivity index (χ4v) is 1.49. The highest BCUT2D eigenvalue weighted by Gasteiger charge is 2.21. The SMILES string of the molecule is Cc1cnnc(-c2n[nH]c(Cl)c2C(=O)O)c1.